The smallest absolute Gasteiger partial charge is 0.243 e. The summed E-state index contributed by atoms with van der Waals surface area (Å²) in [5.74, 6) is 1.24. The third kappa shape index (κ3) is 3.57. The lowest BCUT2D eigenvalue weighted by molar-refractivity contribution is 0.332. The van der Waals surface area contributed by atoms with Crippen molar-refractivity contribution in [3.05, 3.63) is 89.0 Å². The van der Waals surface area contributed by atoms with Gasteiger partial charge in [0.25, 0.3) is 0 Å². The van der Waals surface area contributed by atoms with Gasteiger partial charge in [0.15, 0.2) is 11.5 Å². The Labute approximate surface area is 177 Å². The Morgan fingerprint density at radius 2 is 1.53 bits per heavy atom. The Kier molecular flexibility index (Phi) is 5.54. The molecule has 5 nitrogen and oxygen atoms in total. The monoisotopic (exact) mass is 423 g/mol. The summed E-state index contributed by atoms with van der Waals surface area (Å²) in [5, 5.41) is 0. The van der Waals surface area contributed by atoms with Crippen molar-refractivity contribution in [3.8, 4) is 11.5 Å². The average Bonchev–Trinajstić information content (AvgIpc) is 2.78. The maximum atomic E-state index is 13.6. The van der Waals surface area contributed by atoms with Gasteiger partial charge in [-0.3, -0.25) is 0 Å². The number of fused-ring (bicyclic) bond motifs is 1. The zero-order valence-electron chi connectivity index (χ0n) is 17.3. The van der Waals surface area contributed by atoms with Crippen LogP contribution in [-0.2, 0) is 16.4 Å². The van der Waals surface area contributed by atoms with Crippen LogP contribution in [-0.4, -0.2) is 33.5 Å². The van der Waals surface area contributed by atoms with Crippen LogP contribution in [0, 0.1) is 6.92 Å². The fourth-order valence-electron chi connectivity index (χ4n) is 4.01. The topological polar surface area (TPSA) is 55.8 Å². The van der Waals surface area contributed by atoms with E-state index in [-0.39, 0.29) is 0 Å². The van der Waals surface area contributed by atoms with Gasteiger partial charge >= 0.3 is 0 Å². The number of benzene rings is 3. The van der Waals surface area contributed by atoms with Crippen LogP contribution in [0.3, 0.4) is 0 Å². The second kappa shape index (κ2) is 8.13. The van der Waals surface area contributed by atoms with E-state index in [2.05, 4.69) is 0 Å². The molecular weight excluding hydrogens is 398 g/mol. The van der Waals surface area contributed by atoms with Gasteiger partial charge in [0.2, 0.25) is 10.0 Å². The Hall–Kier alpha value is -2.83. The number of nitrogens with zero attached hydrogens (tertiary/aromatic N) is 1. The molecule has 1 aliphatic heterocycles. The second-order valence-electron chi connectivity index (χ2n) is 7.40. The largest absolute Gasteiger partial charge is 0.493 e. The minimum Gasteiger partial charge on any atom is -0.493 e. The molecule has 0 aromatic heterocycles. The van der Waals surface area contributed by atoms with Gasteiger partial charge in [0.1, 0.15) is 0 Å². The predicted molar refractivity (Wildman–Crippen MR) is 117 cm³/mol. The molecule has 0 radical (unpaired) electrons. The SMILES string of the molecule is COc1cc2c(cc1OC)[C@@H](c1ccccc1)N(S(=O)(=O)c1ccc(C)cc1)CC2. The van der Waals surface area contributed by atoms with Crippen molar-refractivity contribution in [3.63, 3.8) is 0 Å². The molecule has 0 saturated carbocycles. The van der Waals surface area contributed by atoms with Gasteiger partial charge < -0.3 is 9.47 Å². The summed E-state index contributed by atoms with van der Waals surface area (Å²) in [7, 11) is -0.497. The van der Waals surface area contributed by atoms with E-state index in [1.807, 2.05) is 61.5 Å². The summed E-state index contributed by atoms with van der Waals surface area (Å²) in [6.45, 7) is 2.33. The molecule has 156 valence electrons. The fourth-order valence-corrected chi connectivity index (χ4v) is 5.60. The van der Waals surface area contributed by atoms with Crippen LogP contribution in [0.2, 0.25) is 0 Å². The van der Waals surface area contributed by atoms with Gasteiger partial charge in [-0.05, 0) is 54.3 Å². The van der Waals surface area contributed by atoms with E-state index in [9.17, 15) is 8.42 Å². The van der Waals surface area contributed by atoms with E-state index in [0.29, 0.717) is 29.4 Å². The number of rotatable bonds is 5. The molecule has 0 unspecified atom stereocenters. The highest BCUT2D eigenvalue weighted by Gasteiger charge is 2.38. The van der Waals surface area contributed by atoms with E-state index in [1.165, 1.54) is 0 Å². The molecule has 0 spiro atoms. The van der Waals surface area contributed by atoms with E-state index >= 15 is 0 Å². The quantitative estimate of drug-likeness (QED) is 0.612. The molecular formula is C24H25NO4S. The molecule has 0 saturated heterocycles. The van der Waals surface area contributed by atoms with Crippen molar-refractivity contribution in [2.45, 2.75) is 24.3 Å². The molecule has 0 amide bonds. The first-order valence-corrected chi connectivity index (χ1v) is 11.3. The number of methoxy groups -OCH3 is 2. The summed E-state index contributed by atoms with van der Waals surface area (Å²) in [6, 6.07) is 20.2. The molecule has 1 aliphatic rings. The number of sulfonamides is 1. The molecule has 1 heterocycles. The van der Waals surface area contributed by atoms with E-state index in [4.69, 9.17) is 9.47 Å². The van der Waals surface area contributed by atoms with Gasteiger partial charge in [-0.15, -0.1) is 0 Å². The normalized spacial score (nSPS) is 16.7. The van der Waals surface area contributed by atoms with E-state index < -0.39 is 16.1 Å². The van der Waals surface area contributed by atoms with E-state index in [1.54, 1.807) is 30.7 Å². The maximum Gasteiger partial charge on any atom is 0.243 e. The summed E-state index contributed by atoms with van der Waals surface area (Å²) in [6.07, 6.45) is 0.601. The van der Waals surface area contributed by atoms with Crippen LogP contribution in [0.5, 0.6) is 11.5 Å². The maximum absolute atomic E-state index is 13.6. The first kappa shape index (κ1) is 20.4. The summed E-state index contributed by atoms with van der Waals surface area (Å²) in [4.78, 5) is 0.304. The van der Waals surface area contributed by atoms with Crippen molar-refractivity contribution in [1.29, 1.82) is 0 Å². The number of hydrogen-bond donors (Lipinski definition) is 0. The van der Waals surface area contributed by atoms with Crippen LogP contribution < -0.4 is 9.47 Å². The van der Waals surface area contributed by atoms with Crippen molar-refractivity contribution in [2.24, 2.45) is 0 Å². The zero-order chi connectivity index (χ0) is 21.3. The molecule has 1 atom stereocenters. The van der Waals surface area contributed by atoms with E-state index in [0.717, 1.165) is 22.3 Å². The Bertz CT molecular complexity index is 1140. The minimum atomic E-state index is -3.69. The van der Waals surface area contributed by atoms with Crippen molar-refractivity contribution in [1.82, 2.24) is 4.31 Å². The molecule has 0 bridgehead atoms. The molecule has 0 N–H and O–H groups in total. The lowest BCUT2D eigenvalue weighted by Gasteiger charge is -2.37. The lowest BCUT2D eigenvalue weighted by atomic mass is 9.89. The second-order valence-corrected chi connectivity index (χ2v) is 9.29. The van der Waals surface area contributed by atoms with Crippen molar-refractivity contribution in [2.75, 3.05) is 20.8 Å². The standard InChI is InChI=1S/C24H25NO4S/c1-17-9-11-20(12-10-17)30(26,27)25-14-13-19-15-22(28-2)23(29-3)16-21(19)24(25)18-7-5-4-6-8-18/h4-12,15-16,24H,13-14H2,1-3H3/t24-/m1/s1. The van der Waals surface area contributed by atoms with Crippen LogP contribution >= 0.6 is 0 Å². The fraction of sp³-hybridized carbons (Fsp3) is 0.250. The van der Waals surface area contributed by atoms with Crippen molar-refractivity contribution < 1.29 is 17.9 Å². The highest BCUT2D eigenvalue weighted by molar-refractivity contribution is 7.89. The number of hydrogen-bond acceptors (Lipinski definition) is 4. The van der Waals surface area contributed by atoms with Gasteiger partial charge in [-0.2, -0.15) is 4.31 Å². The summed E-state index contributed by atoms with van der Waals surface area (Å²) < 4.78 is 39.9. The molecule has 0 fully saturated rings. The third-order valence-corrected chi connectivity index (χ3v) is 7.45. The molecule has 30 heavy (non-hydrogen) atoms. The highest BCUT2D eigenvalue weighted by Crippen LogP contribution is 2.43. The summed E-state index contributed by atoms with van der Waals surface area (Å²) in [5.41, 5.74) is 3.92. The first-order chi connectivity index (χ1) is 14.5. The molecule has 3 aromatic rings. The zero-order valence-corrected chi connectivity index (χ0v) is 18.1. The van der Waals surface area contributed by atoms with Crippen LogP contribution in [0.4, 0.5) is 0 Å². The first-order valence-electron chi connectivity index (χ1n) is 9.84. The van der Waals surface area contributed by atoms with Crippen LogP contribution in [0.25, 0.3) is 0 Å². The number of ether oxygens (including phenoxy) is 2. The predicted octanol–water partition coefficient (Wildman–Crippen LogP) is 4.35. The Morgan fingerprint density at radius 1 is 0.900 bits per heavy atom. The Balaban J connectivity index is 1.89. The molecule has 0 aliphatic carbocycles. The van der Waals surface area contributed by atoms with Crippen LogP contribution in [0.1, 0.15) is 28.3 Å². The third-order valence-electron chi connectivity index (χ3n) is 5.57. The van der Waals surface area contributed by atoms with Gasteiger partial charge in [0, 0.05) is 6.54 Å². The molecule has 4 rings (SSSR count). The van der Waals surface area contributed by atoms with Crippen LogP contribution in [0.15, 0.2) is 71.6 Å². The molecule has 3 aromatic carbocycles. The highest BCUT2D eigenvalue weighted by atomic mass is 32.2. The summed E-state index contributed by atoms with van der Waals surface area (Å²) >= 11 is 0. The molecule has 6 heteroatoms. The van der Waals surface area contributed by atoms with Gasteiger partial charge in [-0.25, -0.2) is 8.42 Å². The van der Waals surface area contributed by atoms with Crippen molar-refractivity contribution >= 4 is 10.0 Å². The lowest BCUT2D eigenvalue weighted by Crippen LogP contribution is -2.40. The number of aryl methyl sites for hydroxylation is 1. The van der Waals surface area contributed by atoms with Gasteiger partial charge in [-0.1, -0.05) is 48.0 Å². The van der Waals surface area contributed by atoms with Gasteiger partial charge in [0.05, 0.1) is 25.2 Å². The average molecular weight is 424 g/mol. The Morgan fingerprint density at radius 3 is 2.17 bits per heavy atom. The minimum absolute atomic E-state index is 0.304.